The molecular weight excluding hydrogens is 372 g/mol. The van der Waals surface area contributed by atoms with Gasteiger partial charge in [0, 0.05) is 19.1 Å². The van der Waals surface area contributed by atoms with Crippen molar-refractivity contribution in [3.05, 3.63) is 29.8 Å². The molecule has 0 aromatic heterocycles. The molecule has 1 aromatic carbocycles. The maximum atomic E-state index is 13.0. The lowest BCUT2D eigenvalue weighted by Crippen LogP contribution is -2.52. The van der Waals surface area contributed by atoms with Gasteiger partial charge in [-0.15, -0.1) is 0 Å². The maximum Gasteiger partial charge on any atom is 0.257 e. The van der Waals surface area contributed by atoms with Crippen LogP contribution in [0.25, 0.3) is 0 Å². The molecule has 2 saturated carbocycles. The molecule has 166 valence electrons. The minimum atomic E-state index is -0.226. The first kappa shape index (κ1) is 21.7. The van der Waals surface area contributed by atoms with E-state index in [1.54, 1.807) is 0 Å². The molecule has 0 saturated heterocycles. The minimum Gasteiger partial charge on any atom is -0.485 e. The van der Waals surface area contributed by atoms with Gasteiger partial charge in [-0.1, -0.05) is 44.2 Å². The number of carbonyl (C=O) groups is 1. The molecule has 30 heavy (non-hydrogen) atoms. The summed E-state index contributed by atoms with van der Waals surface area (Å²) in [5.41, 5.74) is 0.496. The van der Waals surface area contributed by atoms with Crippen LogP contribution in [0, 0.1) is 5.92 Å². The largest absolute Gasteiger partial charge is 0.485 e. The van der Waals surface area contributed by atoms with Crippen LogP contribution >= 0.6 is 0 Å². The van der Waals surface area contributed by atoms with Crippen molar-refractivity contribution in [3.8, 4) is 5.75 Å². The van der Waals surface area contributed by atoms with Crippen LogP contribution in [0.4, 0.5) is 0 Å². The summed E-state index contributed by atoms with van der Waals surface area (Å²) in [4.78, 5) is 17.6. The first-order valence-corrected chi connectivity index (χ1v) is 12.4. The van der Waals surface area contributed by atoms with E-state index in [0.717, 1.165) is 56.0 Å². The van der Waals surface area contributed by atoms with E-state index in [2.05, 4.69) is 18.9 Å². The molecule has 0 N–H and O–H groups in total. The van der Waals surface area contributed by atoms with Crippen molar-refractivity contribution in [2.24, 2.45) is 5.92 Å². The van der Waals surface area contributed by atoms with E-state index < -0.39 is 0 Å². The normalized spacial score (nSPS) is 28.6. The fraction of sp³-hybridized carbons (Fsp3) is 0.731. The van der Waals surface area contributed by atoms with Crippen LogP contribution < -0.4 is 4.74 Å². The van der Waals surface area contributed by atoms with E-state index >= 15 is 0 Å². The lowest BCUT2D eigenvalue weighted by molar-refractivity contribution is -0.0127. The highest BCUT2D eigenvalue weighted by atomic mass is 16.5. The second-order valence-electron chi connectivity index (χ2n) is 9.98. The molecule has 3 aliphatic rings. The number of para-hydroxylation sites is 1. The zero-order valence-electron chi connectivity index (χ0n) is 19.1. The van der Waals surface area contributed by atoms with Crippen molar-refractivity contribution in [1.82, 2.24) is 9.80 Å². The van der Waals surface area contributed by atoms with Crippen LogP contribution in [0.2, 0.25) is 0 Å². The van der Waals surface area contributed by atoms with Gasteiger partial charge in [-0.05, 0) is 70.5 Å². The Labute approximate surface area is 183 Å². The lowest BCUT2D eigenvalue weighted by Gasteiger charge is -2.44. The quantitative estimate of drug-likeness (QED) is 0.653. The predicted octanol–water partition coefficient (Wildman–Crippen LogP) is 5.51. The third kappa shape index (κ3) is 4.85. The Morgan fingerprint density at radius 2 is 1.70 bits per heavy atom. The van der Waals surface area contributed by atoms with Gasteiger partial charge in [0.2, 0.25) is 0 Å². The third-order valence-electron chi connectivity index (χ3n) is 7.85. The zero-order chi connectivity index (χ0) is 21.0. The first-order valence-electron chi connectivity index (χ1n) is 12.4. The molecule has 1 aliphatic heterocycles. The molecular formula is C26H40N2O2. The van der Waals surface area contributed by atoms with Crippen molar-refractivity contribution >= 4 is 5.91 Å². The van der Waals surface area contributed by atoms with Crippen LogP contribution in [0.1, 0.15) is 87.9 Å². The molecule has 0 atom stereocenters. The molecule has 4 rings (SSSR count). The molecule has 1 aromatic rings. The summed E-state index contributed by atoms with van der Waals surface area (Å²) < 4.78 is 6.62. The van der Waals surface area contributed by atoms with Crippen molar-refractivity contribution in [2.45, 2.75) is 89.2 Å². The Morgan fingerprint density at radius 1 is 1.03 bits per heavy atom. The van der Waals surface area contributed by atoms with E-state index in [0.29, 0.717) is 6.04 Å². The van der Waals surface area contributed by atoms with E-state index in [1.165, 1.54) is 51.5 Å². The van der Waals surface area contributed by atoms with Crippen LogP contribution in [0.15, 0.2) is 24.3 Å². The fourth-order valence-electron chi connectivity index (χ4n) is 5.95. The third-order valence-corrected chi connectivity index (χ3v) is 7.85. The summed E-state index contributed by atoms with van der Waals surface area (Å²) in [5, 5.41) is 0. The SMILES string of the molecule is CCN1CC2(CCC(N(C)CC3CCCCCCC3)CC2)Oc2ccccc2C1=O. The zero-order valence-corrected chi connectivity index (χ0v) is 19.1. The minimum absolute atomic E-state index is 0.119. The summed E-state index contributed by atoms with van der Waals surface area (Å²) in [6.45, 7) is 4.79. The fourth-order valence-corrected chi connectivity index (χ4v) is 5.95. The van der Waals surface area contributed by atoms with E-state index in [9.17, 15) is 4.79 Å². The average molecular weight is 413 g/mol. The van der Waals surface area contributed by atoms with Crippen molar-refractivity contribution in [1.29, 1.82) is 0 Å². The topological polar surface area (TPSA) is 32.8 Å². The van der Waals surface area contributed by atoms with Crippen LogP contribution in [0.3, 0.4) is 0 Å². The molecule has 1 amide bonds. The Morgan fingerprint density at radius 3 is 2.40 bits per heavy atom. The molecule has 2 aliphatic carbocycles. The Bertz CT molecular complexity index is 703. The summed E-state index contributed by atoms with van der Waals surface area (Å²) in [5.74, 6) is 1.77. The highest BCUT2D eigenvalue weighted by Gasteiger charge is 2.43. The number of nitrogens with zero attached hydrogens (tertiary/aromatic N) is 2. The van der Waals surface area contributed by atoms with Crippen LogP contribution in [0.5, 0.6) is 5.75 Å². The summed E-state index contributed by atoms with van der Waals surface area (Å²) in [6, 6.07) is 8.45. The van der Waals surface area contributed by atoms with Gasteiger partial charge in [0.1, 0.15) is 11.4 Å². The molecule has 1 heterocycles. The van der Waals surface area contributed by atoms with Gasteiger partial charge in [-0.3, -0.25) is 4.79 Å². The number of carbonyl (C=O) groups excluding carboxylic acids is 1. The molecule has 0 radical (unpaired) electrons. The van der Waals surface area contributed by atoms with Crippen LogP contribution in [-0.4, -0.2) is 54.0 Å². The number of hydrogen-bond donors (Lipinski definition) is 0. The van der Waals surface area contributed by atoms with Crippen LogP contribution in [-0.2, 0) is 0 Å². The van der Waals surface area contributed by atoms with Gasteiger partial charge in [0.05, 0.1) is 12.1 Å². The molecule has 0 bridgehead atoms. The highest BCUT2D eigenvalue weighted by molar-refractivity contribution is 5.97. The van der Waals surface area contributed by atoms with Gasteiger partial charge in [-0.2, -0.15) is 0 Å². The number of fused-ring (bicyclic) bond motifs is 1. The summed E-state index contributed by atoms with van der Waals surface area (Å²) >= 11 is 0. The van der Waals surface area contributed by atoms with E-state index in [1.807, 2.05) is 29.2 Å². The number of likely N-dealkylation sites (N-methyl/N-ethyl adjacent to an activating group) is 1. The van der Waals surface area contributed by atoms with Gasteiger partial charge in [0.25, 0.3) is 5.91 Å². The van der Waals surface area contributed by atoms with Crippen molar-refractivity contribution in [2.75, 3.05) is 26.7 Å². The number of amides is 1. The average Bonchev–Trinajstić information content (AvgIpc) is 2.85. The summed E-state index contributed by atoms with van der Waals surface area (Å²) in [7, 11) is 2.34. The molecule has 0 unspecified atom stereocenters. The predicted molar refractivity (Wildman–Crippen MR) is 122 cm³/mol. The Hall–Kier alpha value is -1.55. The van der Waals surface area contributed by atoms with Gasteiger partial charge in [-0.25, -0.2) is 0 Å². The molecule has 4 nitrogen and oxygen atoms in total. The second kappa shape index (κ2) is 9.72. The smallest absolute Gasteiger partial charge is 0.257 e. The van der Waals surface area contributed by atoms with E-state index in [4.69, 9.17) is 4.74 Å². The molecule has 4 heteroatoms. The highest BCUT2D eigenvalue weighted by Crippen LogP contribution is 2.39. The van der Waals surface area contributed by atoms with E-state index in [-0.39, 0.29) is 11.5 Å². The second-order valence-corrected chi connectivity index (χ2v) is 9.98. The Balaban J connectivity index is 1.39. The summed E-state index contributed by atoms with van der Waals surface area (Å²) in [6.07, 6.45) is 14.3. The van der Waals surface area contributed by atoms with Gasteiger partial charge in [0.15, 0.2) is 0 Å². The van der Waals surface area contributed by atoms with Crippen molar-refractivity contribution in [3.63, 3.8) is 0 Å². The number of ether oxygens (including phenoxy) is 1. The monoisotopic (exact) mass is 412 g/mol. The molecule has 2 fully saturated rings. The van der Waals surface area contributed by atoms with Gasteiger partial charge < -0.3 is 14.5 Å². The first-order chi connectivity index (χ1) is 14.6. The number of rotatable bonds is 4. The standard InChI is InChI=1S/C26H40N2O2/c1-3-28-20-26(30-24-14-10-9-13-23(24)25(28)29)17-15-22(16-18-26)27(2)19-21-11-7-5-4-6-8-12-21/h9-10,13-14,21-22H,3-8,11-12,15-20H2,1-2H3. The molecule has 1 spiro atoms. The lowest BCUT2D eigenvalue weighted by atomic mass is 9.80. The van der Waals surface area contributed by atoms with Crippen molar-refractivity contribution < 1.29 is 9.53 Å². The number of hydrogen-bond acceptors (Lipinski definition) is 3. The maximum absolute atomic E-state index is 13.0. The Kier molecular flexibility index (Phi) is 7.02. The number of benzene rings is 1. The van der Waals surface area contributed by atoms with Gasteiger partial charge >= 0.3 is 0 Å².